The van der Waals surface area contributed by atoms with Crippen molar-refractivity contribution in [2.24, 2.45) is 0 Å². The van der Waals surface area contributed by atoms with Crippen LogP contribution in [0.15, 0.2) is 36.4 Å². The molecule has 2 rings (SSSR count). The van der Waals surface area contributed by atoms with Gasteiger partial charge in [-0.1, -0.05) is 12.1 Å². The first-order valence-corrected chi connectivity index (χ1v) is 6.56. The molecule has 0 aromatic heterocycles. The van der Waals surface area contributed by atoms with Gasteiger partial charge in [0, 0.05) is 13.1 Å². The second kappa shape index (κ2) is 6.85. The molecule has 0 amide bonds. The topological polar surface area (TPSA) is 71.0 Å². The van der Waals surface area contributed by atoms with Crippen molar-refractivity contribution >= 4 is 0 Å². The smallest absolute Gasteiger partial charge is 0.161 e. The Labute approximate surface area is 123 Å². The molecule has 0 saturated heterocycles. The van der Waals surface area contributed by atoms with Crippen molar-refractivity contribution in [3.8, 4) is 23.0 Å². The van der Waals surface area contributed by atoms with E-state index < -0.39 is 0 Å². The molecule has 3 N–H and O–H groups in total. The minimum absolute atomic E-state index is 0.111. The molecule has 5 heteroatoms. The second-order valence-electron chi connectivity index (χ2n) is 4.62. The predicted octanol–water partition coefficient (Wildman–Crippen LogP) is 2.40. The first-order valence-electron chi connectivity index (χ1n) is 6.56. The van der Waals surface area contributed by atoms with Crippen molar-refractivity contribution in [2.75, 3.05) is 14.2 Å². The van der Waals surface area contributed by atoms with Gasteiger partial charge in [0.25, 0.3) is 0 Å². The van der Waals surface area contributed by atoms with Crippen LogP contribution in [0, 0.1) is 0 Å². The maximum atomic E-state index is 9.43. The van der Waals surface area contributed by atoms with Gasteiger partial charge in [0.15, 0.2) is 23.0 Å². The van der Waals surface area contributed by atoms with Gasteiger partial charge in [0.1, 0.15) is 0 Å². The summed E-state index contributed by atoms with van der Waals surface area (Å²) < 4.78 is 10.4. The van der Waals surface area contributed by atoms with Gasteiger partial charge in [0.2, 0.25) is 0 Å². The lowest BCUT2D eigenvalue weighted by Crippen LogP contribution is -2.12. The van der Waals surface area contributed by atoms with Gasteiger partial charge in [-0.25, -0.2) is 0 Å². The lowest BCUT2D eigenvalue weighted by molar-refractivity contribution is 0.354. The summed E-state index contributed by atoms with van der Waals surface area (Å²) >= 11 is 0. The average Bonchev–Trinajstić information content (AvgIpc) is 2.50. The molecule has 0 aliphatic rings. The lowest BCUT2D eigenvalue weighted by atomic mass is 10.1. The van der Waals surface area contributed by atoms with Crippen LogP contribution in [0.3, 0.4) is 0 Å². The Bertz CT molecular complexity index is 613. The first kappa shape index (κ1) is 15.0. The number of ether oxygens (including phenoxy) is 2. The molecule has 0 unspecified atom stereocenters. The average molecular weight is 289 g/mol. The largest absolute Gasteiger partial charge is 0.504 e. The van der Waals surface area contributed by atoms with Gasteiger partial charge in [-0.2, -0.15) is 0 Å². The Morgan fingerprint density at radius 2 is 1.43 bits per heavy atom. The summed E-state index contributed by atoms with van der Waals surface area (Å²) in [5.74, 6) is 1.17. The fourth-order valence-electron chi connectivity index (χ4n) is 2.02. The van der Waals surface area contributed by atoms with Crippen LogP contribution in [-0.2, 0) is 13.1 Å². The molecule has 5 nitrogen and oxygen atoms in total. The summed E-state index contributed by atoms with van der Waals surface area (Å²) in [4.78, 5) is 0. The Hall–Kier alpha value is -2.40. The molecule has 112 valence electrons. The number of nitrogens with one attached hydrogen (secondary N) is 1. The van der Waals surface area contributed by atoms with Gasteiger partial charge in [-0.15, -0.1) is 0 Å². The van der Waals surface area contributed by atoms with Crippen LogP contribution in [0.2, 0.25) is 0 Å². The van der Waals surface area contributed by atoms with Crippen molar-refractivity contribution in [3.63, 3.8) is 0 Å². The third-order valence-corrected chi connectivity index (χ3v) is 3.15. The molecule has 0 aliphatic carbocycles. The van der Waals surface area contributed by atoms with Gasteiger partial charge in [-0.05, 0) is 35.4 Å². The number of phenolic OH excluding ortho intramolecular Hbond substituents is 2. The minimum atomic E-state index is -0.112. The minimum Gasteiger partial charge on any atom is -0.504 e. The molecular formula is C16H19NO4. The molecule has 0 radical (unpaired) electrons. The zero-order valence-electron chi connectivity index (χ0n) is 12.1. The summed E-state index contributed by atoms with van der Waals surface area (Å²) in [6.07, 6.45) is 0. The molecule has 0 aliphatic heterocycles. The fourth-order valence-corrected chi connectivity index (χ4v) is 2.02. The lowest BCUT2D eigenvalue weighted by Gasteiger charge is -2.10. The van der Waals surface area contributed by atoms with E-state index in [1.807, 2.05) is 18.2 Å². The van der Waals surface area contributed by atoms with E-state index in [4.69, 9.17) is 9.47 Å². The highest BCUT2D eigenvalue weighted by molar-refractivity contribution is 5.43. The summed E-state index contributed by atoms with van der Waals surface area (Å²) in [6.45, 7) is 1.24. The van der Waals surface area contributed by atoms with Crippen LogP contribution in [0.5, 0.6) is 23.0 Å². The van der Waals surface area contributed by atoms with Gasteiger partial charge >= 0.3 is 0 Å². The fraction of sp³-hybridized carbons (Fsp3) is 0.250. The molecule has 21 heavy (non-hydrogen) atoms. The monoisotopic (exact) mass is 289 g/mol. The molecule has 0 heterocycles. The van der Waals surface area contributed by atoms with Crippen molar-refractivity contribution < 1.29 is 19.7 Å². The second-order valence-corrected chi connectivity index (χ2v) is 4.62. The van der Waals surface area contributed by atoms with E-state index >= 15 is 0 Å². The Morgan fingerprint density at radius 3 is 2.05 bits per heavy atom. The molecule has 0 fully saturated rings. The number of hydrogen-bond donors (Lipinski definition) is 3. The third-order valence-electron chi connectivity index (χ3n) is 3.15. The molecule has 0 atom stereocenters. The third kappa shape index (κ3) is 3.79. The van der Waals surface area contributed by atoms with E-state index in [-0.39, 0.29) is 11.5 Å². The Morgan fingerprint density at radius 1 is 0.810 bits per heavy atom. The summed E-state index contributed by atoms with van der Waals surface area (Å²) in [7, 11) is 3.21. The molecule has 2 aromatic rings. The number of aromatic hydroxyl groups is 2. The molecular weight excluding hydrogens is 270 g/mol. The van der Waals surface area contributed by atoms with E-state index in [1.54, 1.807) is 20.3 Å². The number of phenols is 2. The quantitative estimate of drug-likeness (QED) is 0.712. The maximum Gasteiger partial charge on any atom is 0.161 e. The van der Waals surface area contributed by atoms with Crippen LogP contribution < -0.4 is 14.8 Å². The Kier molecular flexibility index (Phi) is 4.90. The summed E-state index contributed by atoms with van der Waals surface area (Å²) in [5.41, 5.74) is 1.96. The molecule has 2 aromatic carbocycles. The normalized spacial score (nSPS) is 10.4. The maximum absolute atomic E-state index is 9.43. The number of hydrogen-bond acceptors (Lipinski definition) is 5. The summed E-state index contributed by atoms with van der Waals surface area (Å²) in [6, 6.07) is 10.5. The van der Waals surface area contributed by atoms with Crippen molar-refractivity contribution in [2.45, 2.75) is 13.1 Å². The first-order chi connectivity index (χ1) is 10.1. The van der Waals surface area contributed by atoms with Crippen molar-refractivity contribution in [1.82, 2.24) is 5.32 Å². The van der Waals surface area contributed by atoms with Gasteiger partial charge in [0.05, 0.1) is 14.2 Å². The zero-order chi connectivity index (χ0) is 15.2. The zero-order valence-corrected chi connectivity index (χ0v) is 12.1. The highest BCUT2D eigenvalue weighted by Gasteiger charge is 2.05. The van der Waals surface area contributed by atoms with Gasteiger partial charge < -0.3 is 25.0 Å². The van der Waals surface area contributed by atoms with Crippen LogP contribution in [0.4, 0.5) is 0 Å². The van der Waals surface area contributed by atoms with E-state index in [0.29, 0.717) is 24.6 Å². The number of methoxy groups -OCH3 is 2. The van der Waals surface area contributed by atoms with Gasteiger partial charge in [-0.3, -0.25) is 0 Å². The van der Waals surface area contributed by atoms with Crippen LogP contribution >= 0.6 is 0 Å². The van der Waals surface area contributed by atoms with E-state index in [0.717, 1.165) is 11.1 Å². The van der Waals surface area contributed by atoms with E-state index in [2.05, 4.69) is 5.32 Å². The van der Waals surface area contributed by atoms with Crippen molar-refractivity contribution in [3.05, 3.63) is 47.5 Å². The SMILES string of the molecule is COc1ccc(CNCc2ccc(O)c(O)c2)cc1OC. The summed E-state index contributed by atoms with van der Waals surface area (Å²) in [5, 5.41) is 22.0. The number of rotatable bonds is 6. The van der Waals surface area contributed by atoms with E-state index in [9.17, 15) is 10.2 Å². The molecule has 0 bridgehead atoms. The molecule has 0 saturated carbocycles. The highest BCUT2D eigenvalue weighted by atomic mass is 16.5. The van der Waals surface area contributed by atoms with Crippen LogP contribution in [-0.4, -0.2) is 24.4 Å². The predicted molar refractivity (Wildman–Crippen MR) is 79.9 cm³/mol. The standard InChI is InChI=1S/C16H19NO4/c1-20-15-6-4-12(8-16(15)21-2)10-17-9-11-3-5-13(18)14(19)7-11/h3-8,17-19H,9-10H2,1-2H3. The van der Waals surface area contributed by atoms with E-state index in [1.165, 1.54) is 12.1 Å². The molecule has 0 spiro atoms. The highest BCUT2D eigenvalue weighted by Crippen LogP contribution is 2.27. The van der Waals surface area contributed by atoms with Crippen LogP contribution in [0.25, 0.3) is 0 Å². The van der Waals surface area contributed by atoms with Crippen molar-refractivity contribution in [1.29, 1.82) is 0 Å². The van der Waals surface area contributed by atoms with Crippen LogP contribution in [0.1, 0.15) is 11.1 Å². The Balaban J connectivity index is 1.95. The number of benzene rings is 2.